The summed E-state index contributed by atoms with van der Waals surface area (Å²) in [5, 5.41) is 19.2. The maximum absolute atomic E-state index is 10.7. The number of nitrogens with zero attached hydrogens (tertiary/aromatic N) is 1. The zero-order valence-corrected chi connectivity index (χ0v) is 10.6. The molecule has 1 aromatic rings. The van der Waals surface area contributed by atoms with Gasteiger partial charge in [0.2, 0.25) is 0 Å². The number of carboxylic acid groups (broad SMARTS) is 1. The second-order valence-electron chi connectivity index (χ2n) is 4.13. The maximum Gasteiger partial charge on any atom is 0.310 e. The molecule has 0 aliphatic rings. The summed E-state index contributed by atoms with van der Waals surface area (Å²) in [7, 11) is 0. The number of rotatable bonds is 9. The van der Waals surface area contributed by atoms with Crippen molar-refractivity contribution >= 4 is 11.7 Å². The third-order valence-electron chi connectivity index (χ3n) is 2.60. The van der Waals surface area contributed by atoms with Crippen molar-refractivity contribution in [3.63, 3.8) is 0 Å². The van der Waals surface area contributed by atoms with E-state index >= 15 is 0 Å². The fourth-order valence-electron chi connectivity index (χ4n) is 1.64. The molecule has 0 fully saturated rings. The Hall–Kier alpha value is -2.11. The van der Waals surface area contributed by atoms with Crippen LogP contribution < -0.4 is 4.74 Å². The highest BCUT2D eigenvalue weighted by molar-refractivity contribution is 5.66. The largest absolute Gasteiger partial charge is 0.487 e. The van der Waals surface area contributed by atoms with E-state index in [0.29, 0.717) is 13.0 Å². The van der Waals surface area contributed by atoms with Gasteiger partial charge in [0.05, 0.1) is 11.5 Å². The van der Waals surface area contributed by atoms with E-state index < -0.39 is 10.9 Å². The minimum Gasteiger partial charge on any atom is -0.487 e. The number of aliphatic carboxylic acids is 1. The minimum atomic E-state index is -0.781. The fourth-order valence-corrected chi connectivity index (χ4v) is 1.64. The highest BCUT2D eigenvalue weighted by Crippen LogP contribution is 2.25. The van der Waals surface area contributed by atoms with Crippen LogP contribution in [0.5, 0.6) is 5.75 Å². The summed E-state index contributed by atoms with van der Waals surface area (Å²) in [6.45, 7) is 0.401. The molecule has 0 atom stereocenters. The number of hydrogen-bond donors (Lipinski definition) is 1. The molecule has 1 rings (SSSR count). The summed E-state index contributed by atoms with van der Waals surface area (Å²) in [6.07, 6.45) is 3.28. The monoisotopic (exact) mass is 267 g/mol. The number of nitro groups is 1. The molecule has 1 N–H and O–H groups in total. The zero-order valence-electron chi connectivity index (χ0n) is 10.6. The van der Waals surface area contributed by atoms with Gasteiger partial charge in [-0.2, -0.15) is 0 Å². The van der Waals surface area contributed by atoms with Crippen LogP contribution in [0, 0.1) is 10.1 Å². The van der Waals surface area contributed by atoms with Crippen molar-refractivity contribution < 1.29 is 19.6 Å². The fraction of sp³-hybridized carbons (Fsp3) is 0.462. The van der Waals surface area contributed by atoms with Crippen LogP contribution in [0.25, 0.3) is 0 Å². The SMILES string of the molecule is O=C(O)CCCCCCOc1ccccc1[N+](=O)[O-]. The predicted molar refractivity (Wildman–Crippen MR) is 69.3 cm³/mol. The molecule has 19 heavy (non-hydrogen) atoms. The molecule has 104 valence electrons. The maximum atomic E-state index is 10.7. The average Bonchev–Trinajstić information content (AvgIpc) is 2.37. The molecule has 6 heteroatoms. The van der Waals surface area contributed by atoms with E-state index in [4.69, 9.17) is 9.84 Å². The van der Waals surface area contributed by atoms with Crippen LogP contribution in [0.15, 0.2) is 24.3 Å². The summed E-state index contributed by atoms with van der Waals surface area (Å²) in [5.41, 5.74) is -0.0339. The Kier molecular flexibility index (Phi) is 6.35. The van der Waals surface area contributed by atoms with Gasteiger partial charge in [-0.05, 0) is 18.9 Å². The first-order valence-corrected chi connectivity index (χ1v) is 6.19. The lowest BCUT2D eigenvalue weighted by Gasteiger charge is -2.06. The Labute approximate surface area is 111 Å². The number of carboxylic acids is 1. The van der Waals surface area contributed by atoms with Crippen LogP contribution in [0.3, 0.4) is 0 Å². The van der Waals surface area contributed by atoms with Gasteiger partial charge >= 0.3 is 11.7 Å². The van der Waals surface area contributed by atoms with Crippen molar-refractivity contribution in [3.8, 4) is 5.75 Å². The first-order valence-electron chi connectivity index (χ1n) is 6.19. The van der Waals surface area contributed by atoms with Gasteiger partial charge in [0.1, 0.15) is 0 Å². The highest BCUT2D eigenvalue weighted by atomic mass is 16.6. The normalized spacial score (nSPS) is 10.1. The third kappa shape index (κ3) is 5.85. The molecule has 6 nitrogen and oxygen atoms in total. The van der Waals surface area contributed by atoms with E-state index in [0.717, 1.165) is 19.3 Å². The van der Waals surface area contributed by atoms with Gasteiger partial charge in [0.15, 0.2) is 5.75 Å². The molecule has 0 aliphatic heterocycles. The van der Waals surface area contributed by atoms with Crippen molar-refractivity contribution in [1.82, 2.24) is 0 Å². The average molecular weight is 267 g/mol. The lowest BCUT2D eigenvalue weighted by molar-refractivity contribution is -0.385. The minimum absolute atomic E-state index is 0.0339. The Morgan fingerprint density at radius 1 is 1.21 bits per heavy atom. The van der Waals surface area contributed by atoms with E-state index in [2.05, 4.69) is 0 Å². The summed E-state index contributed by atoms with van der Waals surface area (Å²) >= 11 is 0. The molecule has 0 saturated carbocycles. The first kappa shape index (κ1) is 14.9. The highest BCUT2D eigenvalue weighted by Gasteiger charge is 2.12. The molecule has 0 aromatic heterocycles. The lowest BCUT2D eigenvalue weighted by Crippen LogP contribution is -2.00. The molecule has 1 aromatic carbocycles. The van der Waals surface area contributed by atoms with E-state index in [1.807, 2.05) is 0 Å². The number of para-hydroxylation sites is 2. The summed E-state index contributed by atoms with van der Waals surface area (Å²) in [5.74, 6) is -0.505. The first-order chi connectivity index (χ1) is 9.11. The molecule has 0 spiro atoms. The number of benzene rings is 1. The standard InChI is InChI=1S/C13H17NO5/c15-13(16)9-3-1-2-6-10-19-12-8-5-4-7-11(12)14(17)18/h4-5,7-8H,1-3,6,9-10H2,(H,15,16). The van der Waals surface area contributed by atoms with Crippen LogP contribution in [-0.2, 0) is 4.79 Å². The smallest absolute Gasteiger partial charge is 0.310 e. The van der Waals surface area contributed by atoms with E-state index in [9.17, 15) is 14.9 Å². The van der Waals surface area contributed by atoms with E-state index in [1.54, 1.807) is 18.2 Å². The number of nitro benzene ring substituents is 1. The Bertz CT molecular complexity index is 433. The molecule has 0 heterocycles. The van der Waals surface area contributed by atoms with Gasteiger partial charge in [-0.15, -0.1) is 0 Å². The van der Waals surface area contributed by atoms with E-state index in [-0.39, 0.29) is 17.9 Å². The molecule has 0 amide bonds. The van der Waals surface area contributed by atoms with Gasteiger partial charge in [-0.3, -0.25) is 14.9 Å². The van der Waals surface area contributed by atoms with Crippen molar-refractivity contribution in [1.29, 1.82) is 0 Å². The lowest BCUT2D eigenvalue weighted by atomic mass is 10.1. The second-order valence-corrected chi connectivity index (χ2v) is 4.13. The zero-order chi connectivity index (χ0) is 14.1. The number of unbranched alkanes of at least 4 members (excludes halogenated alkanes) is 3. The predicted octanol–water partition coefficient (Wildman–Crippen LogP) is 3.01. The third-order valence-corrected chi connectivity index (χ3v) is 2.60. The van der Waals surface area contributed by atoms with Gasteiger partial charge in [0, 0.05) is 12.5 Å². The second kappa shape index (κ2) is 8.07. The summed E-state index contributed by atoms with van der Waals surface area (Å²) < 4.78 is 5.37. The van der Waals surface area contributed by atoms with Crippen LogP contribution in [0.2, 0.25) is 0 Å². The van der Waals surface area contributed by atoms with Gasteiger partial charge < -0.3 is 9.84 Å². The van der Waals surface area contributed by atoms with Crippen molar-refractivity contribution in [2.75, 3.05) is 6.61 Å². The number of ether oxygens (including phenoxy) is 1. The van der Waals surface area contributed by atoms with Crippen LogP contribution in [0.1, 0.15) is 32.1 Å². The van der Waals surface area contributed by atoms with E-state index in [1.165, 1.54) is 6.07 Å². The molecular weight excluding hydrogens is 250 g/mol. The Balaban J connectivity index is 2.23. The molecular formula is C13H17NO5. The van der Waals surface area contributed by atoms with Crippen LogP contribution >= 0.6 is 0 Å². The number of carbonyl (C=O) groups is 1. The van der Waals surface area contributed by atoms with Crippen LogP contribution in [0.4, 0.5) is 5.69 Å². The van der Waals surface area contributed by atoms with Crippen molar-refractivity contribution in [2.45, 2.75) is 32.1 Å². The molecule has 0 unspecified atom stereocenters. The molecule has 0 bridgehead atoms. The van der Waals surface area contributed by atoms with Crippen molar-refractivity contribution in [2.24, 2.45) is 0 Å². The quantitative estimate of drug-likeness (QED) is 0.422. The van der Waals surface area contributed by atoms with Gasteiger partial charge in [0.25, 0.3) is 0 Å². The topological polar surface area (TPSA) is 89.7 Å². The Morgan fingerprint density at radius 3 is 2.58 bits per heavy atom. The van der Waals surface area contributed by atoms with Crippen LogP contribution in [-0.4, -0.2) is 22.6 Å². The molecule has 0 aliphatic carbocycles. The molecule has 0 saturated heterocycles. The molecule has 0 radical (unpaired) electrons. The number of hydrogen-bond acceptors (Lipinski definition) is 4. The summed E-state index contributed by atoms with van der Waals surface area (Å²) in [6, 6.07) is 6.26. The van der Waals surface area contributed by atoms with Gasteiger partial charge in [-0.1, -0.05) is 25.0 Å². The Morgan fingerprint density at radius 2 is 1.89 bits per heavy atom. The summed E-state index contributed by atoms with van der Waals surface area (Å²) in [4.78, 5) is 20.5. The van der Waals surface area contributed by atoms with Gasteiger partial charge in [-0.25, -0.2) is 0 Å². The van der Waals surface area contributed by atoms with Crippen molar-refractivity contribution in [3.05, 3.63) is 34.4 Å².